The van der Waals surface area contributed by atoms with Crippen LogP contribution in [-0.2, 0) is 4.79 Å². The van der Waals surface area contributed by atoms with E-state index in [4.69, 9.17) is 5.11 Å². The van der Waals surface area contributed by atoms with Crippen LogP contribution in [0.5, 0.6) is 0 Å². The minimum absolute atomic E-state index is 0.508. The standard InChI is InChI=1S/C14H24O2/c1-3-4-5-12-6-8-13(9-7-12)10-11(2)14(15)16/h10,12-13H,3-9H2,1-2H3,(H,15,16). The van der Waals surface area contributed by atoms with E-state index in [1.54, 1.807) is 6.92 Å². The van der Waals surface area contributed by atoms with Crippen molar-refractivity contribution in [2.24, 2.45) is 11.8 Å². The van der Waals surface area contributed by atoms with Gasteiger partial charge in [-0.25, -0.2) is 4.79 Å². The summed E-state index contributed by atoms with van der Waals surface area (Å²) in [6.07, 6.45) is 10.9. The molecule has 1 saturated carbocycles. The van der Waals surface area contributed by atoms with Crippen molar-refractivity contribution in [3.63, 3.8) is 0 Å². The van der Waals surface area contributed by atoms with E-state index in [1.807, 2.05) is 6.08 Å². The Hall–Kier alpha value is -0.790. The normalized spacial score (nSPS) is 26.8. The number of hydrogen-bond acceptors (Lipinski definition) is 1. The summed E-state index contributed by atoms with van der Waals surface area (Å²) in [4.78, 5) is 10.7. The van der Waals surface area contributed by atoms with Gasteiger partial charge in [-0.3, -0.25) is 0 Å². The molecule has 1 aliphatic rings. The highest BCUT2D eigenvalue weighted by Gasteiger charge is 2.19. The quantitative estimate of drug-likeness (QED) is 0.716. The molecule has 92 valence electrons. The van der Waals surface area contributed by atoms with Gasteiger partial charge in [-0.05, 0) is 44.4 Å². The predicted molar refractivity (Wildman–Crippen MR) is 66.4 cm³/mol. The van der Waals surface area contributed by atoms with E-state index in [2.05, 4.69) is 6.92 Å². The molecule has 0 saturated heterocycles. The van der Waals surface area contributed by atoms with Gasteiger partial charge in [0.25, 0.3) is 0 Å². The van der Waals surface area contributed by atoms with Gasteiger partial charge < -0.3 is 5.11 Å². The van der Waals surface area contributed by atoms with Gasteiger partial charge in [0, 0.05) is 5.57 Å². The number of carboxylic acid groups (broad SMARTS) is 1. The van der Waals surface area contributed by atoms with E-state index in [0.29, 0.717) is 11.5 Å². The lowest BCUT2D eigenvalue weighted by molar-refractivity contribution is -0.132. The van der Waals surface area contributed by atoms with E-state index in [1.165, 1.54) is 44.9 Å². The molecule has 1 N–H and O–H groups in total. The first-order valence-electron chi connectivity index (χ1n) is 6.55. The molecular weight excluding hydrogens is 200 g/mol. The fourth-order valence-corrected chi connectivity index (χ4v) is 2.56. The third-order valence-electron chi connectivity index (χ3n) is 3.68. The Balaban J connectivity index is 2.32. The molecule has 0 amide bonds. The van der Waals surface area contributed by atoms with Crippen LogP contribution in [-0.4, -0.2) is 11.1 Å². The fourth-order valence-electron chi connectivity index (χ4n) is 2.56. The van der Waals surface area contributed by atoms with Crippen molar-refractivity contribution in [3.05, 3.63) is 11.6 Å². The molecule has 0 bridgehead atoms. The van der Waals surface area contributed by atoms with Gasteiger partial charge >= 0.3 is 5.97 Å². The molecule has 1 rings (SSSR count). The van der Waals surface area contributed by atoms with Crippen molar-refractivity contribution < 1.29 is 9.90 Å². The third kappa shape index (κ3) is 4.38. The molecule has 0 radical (unpaired) electrons. The Bertz CT molecular complexity index is 247. The van der Waals surface area contributed by atoms with Crippen molar-refractivity contribution in [1.82, 2.24) is 0 Å². The van der Waals surface area contributed by atoms with Gasteiger partial charge in [-0.1, -0.05) is 32.3 Å². The molecule has 0 spiro atoms. The summed E-state index contributed by atoms with van der Waals surface area (Å²) in [6.45, 7) is 3.94. The molecule has 0 atom stereocenters. The van der Waals surface area contributed by atoms with E-state index in [9.17, 15) is 4.79 Å². The Morgan fingerprint density at radius 2 is 1.94 bits per heavy atom. The minimum Gasteiger partial charge on any atom is -0.478 e. The molecule has 1 fully saturated rings. The van der Waals surface area contributed by atoms with Crippen LogP contribution in [0.1, 0.15) is 58.8 Å². The third-order valence-corrected chi connectivity index (χ3v) is 3.68. The van der Waals surface area contributed by atoms with Crippen LogP contribution in [0.2, 0.25) is 0 Å². The summed E-state index contributed by atoms with van der Waals surface area (Å²) in [5, 5.41) is 8.81. The smallest absolute Gasteiger partial charge is 0.330 e. The first-order valence-corrected chi connectivity index (χ1v) is 6.55. The van der Waals surface area contributed by atoms with Gasteiger partial charge in [-0.15, -0.1) is 0 Å². The van der Waals surface area contributed by atoms with Crippen LogP contribution in [0.4, 0.5) is 0 Å². The molecule has 0 aromatic carbocycles. The number of rotatable bonds is 5. The Kier molecular flexibility index (Phi) is 5.58. The predicted octanol–water partition coefficient (Wildman–Crippen LogP) is 4.01. The number of carboxylic acids is 1. The van der Waals surface area contributed by atoms with Gasteiger partial charge in [0.1, 0.15) is 0 Å². The monoisotopic (exact) mass is 224 g/mol. The second-order valence-electron chi connectivity index (χ2n) is 5.08. The average molecular weight is 224 g/mol. The molecule has 2 heteroatoms. The number of allylic oxidation sites excluding steroid dienone is 1. The molecule has 0 aliphatic heterocycles. The van der Waals surface area contributed by atoms with Crippen molar-refractivity contribution in [2.45, 2.75) is 58.8 Å². The van der Waals surface area contributed by atoms with Gasteiger partial charge in [0.05, 0.1) is 0 Å². The fraction of sp³-hybridized carbons (Fsp3) is 0.786. The van der Waals surface area contributed by atoms with Crippen LogP contribution in [0.15, 0.2) is 11.6 Å². The molecule has 0 unspecified atom stereocenters. The highest BCUT2D eigenvalue weighted by molar-refractivity contribution is 5.85. The van der Waals surface area contributed by atoms with Crippen LogP contribution in [0.3, 0.4) is 0 Å². The van der Waals surface area contributed by atoms with Gasteiger partial charge in [0.2, 0.25) is 0 Å². The van der Waals surface area contributed by atoms with Gasteiger partial charge in [0.15, 0.2) is 0 Å². The molecule has 0 aromatic heterocycles. The van der Waals surface area contributed by atoms with Crippen molar-refractivity contribution in [2.75, 3.05) is 0 Å². The highest BCUT2D eigenvalue weighted by Crippen LogP contribution is 2.32. The van der Waals surface area contributed by atoms with Gasteiger partial charge in [-0.2, -0.15) is 0 Å². The van der Waals surface area contributed by atoms with E-state index in [0.717, 1.165) is 5.92 Å². The zero-order valence-electron chi connectivity index (χ0n) is 10.5. The lowest BCUT2D eigenvalue weighted by Crippen LogP contribution is -2.14. The molecule has 0 heterocycles. The first-order chi connectivity index (χ1) is 7.63. The minimum atomic E-state index is -0.770. The summed E-state index contributed by atoms with van der Waals surface area (Å²) >= 11 is 0. The number of aliphatic carboxylic acids is 1. The number of hydrogen-bond donors (Lipinski definition) is 1. The second kappa shape index (κ2) is 6.72. The molecule has 2 nitrogen and oxygen atoms in total. The van der Waals surface area contributed by atoms with Crippen LogP contribution in [0, 0.1) is 11.8 Å². The Morgan fingerprint density at radius 1 is 1.31 bits per heavy atom. The highest BCUT2D eigenvalue weighted by atomic mass is 16.4. The maximum atomic E-state index is 10.7. The SMILES string of the molecule is CCCCC1CCC(C=C(C)C(=O)O)CC1. The van der Waals surface area contributed by atoms with Crippen molar-refractivity contribution in [3.8, 4) is 0 Å². The largest absolute Gasteiger partial charge is 0.478 e. The Morgan fingerprint density at radius 3 is 2.44 bits per heavy atom. The number of carbonyl (C=O) groups is 1. The average Bonchev–Trinajstić information content (AvgIpc) is 2.28. The second-order valence-corrected chi connectivity index (χ2v) is 5.08. The van der Waals surface area contributed by atoms with Crippen molar-refractivity contribution >= 4 is 5.97 Å². The number of unbranched alkanes of at least 4 members (excludes halogenated alkanes) is 1. The van der Waals surface area contributed by atoms with Crippen LogP contribution >= 0.6 is 0 Å². The molecule has 0 aromatic rings. The summed E-state index contributed by atoms with van der Waals surface area (Å²) in [6, 6.07) is 0. The van der Waals surface area contributed by atoms with E-state index < -0.39 is 5.97 Å². The van der Waals surface area contributed by atoms with E-state index in [-0.39, 0.29) is 0 Å². The zero-order chi connectivity index (χ0) is 12.0. The first kappa shape index (κ1) is 13.3. The van der Waals surface area contributed by atoms with E-state index >= 15 is 0 Å². The summed E-state index contributed by atoms with van der Waals surface area (Å²) in [5.74, 6) is 0.636. The molecular formula is C14H24O2. The van der Waals surface area contributed by atoms with Crippen LogP contribution < -0.4 is 0 Å². The topological polar surface area (TPSA) is 37.3 Å². The summed E-state index contributed by atoms with van der Waals surface area (Å²) < 4.78 is 0. The molecule has 16 heavy (non-hydrogen) atoms. The lowest BCUT2D eigenvalue weighted by atomic mass is 9.79. The van der Waals surface area contributed by atoms with Crippen molar-refractivity contribution in [1.29, 1.82) is 0 Å². The maximum absolute atomic E-state index is 10.7. The van der Waals surface area contributed by atoms with Crippen LogP contribution in [0.25, 0.3) is 0 Å². The zero-order valence-corrected chi connectivity index (χ0v) is 10.5. The summed E-state index contributed by atoms with van der Waals surface area (Å²) in [7, 11) is 0. The summed E-state index contributed by atoms with van der Waals surface area (Å²) in [5.41, 5.74) is 0.511. The lowest BCUT2D eigenvalue weighted by Gasteiger charge is -2.26. The molecule has 1 aliphatic carbocycles. The maximum Gasteiger partial charge on any atom is 0.330 e. The Labute approximate surface area is 98.7 Å².